The third-order valence-corrected chi connectivity index (χ3v) is 6.44. The van der Waals surface area contributed by atoms with Crippen molar-refractivity contribution in [2.75, 3.05) is 18.4 Å². The van der Waals surface area contributed by atoms with Crippen LogP contribution in [0.15, 0.2) is 6.20 Å². The van der Waals surface area contributed by atoms with Crippen LogP contribution in [0.2, 0.25) is 5.02 Å². The van der Waals surface area contributed by atoms with Gasteiger partial charge < -0.3 is 10.4 Å². The summed E-state index contributed by atoms with van der Waals surface area (Å²) in [6, 6.07) is 1.19. The van der Waals surface area contributed by atoms with Gasteiger partial charge >= 0.3 is 15.5 Å². The fourth-order valence-corrected chi connectivity index (χ4v) is 4.24. The van der Waals surface area contributed by atoms with Crippen molar-refractivity contribution in [2.24, 2.45) is 0 Å². The molecule has 14 heteroatoms. The molecule has 2 aromatic heterocycles. The van der Waals surface area contributed by atoms with Crippen LogP contribution < -0.4 is 5.32 Å². The number of fused-ring (bicyclic) bond motifs is 1. The fraction of sp³-hybridized carbons (Fsp3) is 0.500. The molecule has 152 valence electrons. The van der Waals surface area contributed by atoms with Crippen molar-refractivity contribution in [3.63, 3.8) is 0 Å². The van der Waals surface area contributed by atoms with Crippen molar-refractivity contribution in [1.29, 1.82) is 5.26 Å². The van der Waals surface area contributed by atoms with Gasteiger partial charge in [-0.25, -0.2) is 17.9 Å². The highest BCUT2D eigenvalue weighted by Crippen LogP contribution is 2.30. The highest BCUT2D eigenvalue weighted by Gasteiger charge is 2.51. The molecule has 0 spiro atoms. The Hall–Kier alpha value is -2.14. The van der Waals surface area contributed by atoms with Gasteiger partial charge in [0, 0.05) is 13.1 Å². The van der Waals surface area contributed by atoms with E-state index >= 15 is 0 Å². The van der Waals surface area contributed by atoms with Crippen LogP contribution in [0, 0.1) is 18.3 Å². The van der Waals surface area contributed by atoms with Gasteiger partial charge in [0.05, 0.1) is 34.6 Å². The van der Waals surface area contributed by atoms with Crippen LogP contribution in [-0.4, -0.2) is 63.2 Å². The number of nitrogens with zero attached hydrogens (tertiary/aromatic N) is 5. The van der Waals surface area contributed by atoms with Crippen molar-refractivity contribution in [3.05, 3.63) is 22.5 Å². The van der Waals surface area contributed by atoms with Crippen molar-refractivity contribution < 1.29 is 26.7 Å². The van der Waals surface area contributed by atoms with Crippen LogP contribution in [0.5, 0.6) is 0 Å². The van der Waals surface area contributed by atoms with Crippen LogP contribution in [0.3, 0.4) is 0 Å². The van der Waals surface area contributed by atoms with Crippen LogP contribution >= 0.6 is 11.6 Å². The number of nitriles is 1. The van der Waals surface area contributed by atoms with Gasteiger partial charge in [0.2, 0.25) is 5.95 Å². The number of aliphatic hydroxyl groups is 1. The lowest BCUT2D eigenvalue weighted by Crippen LogP contribution is -2.54. The third kappa shape index (κ3) is 3.37. The number of alkyl halides is 3. The maximum absolute atomic E-state index is 12.7. The molecule has 2 N–H and O–H groups in total. The quantitative estimate of drug-likeness (QED) is 0.739. The summed E-state index contributed by atoms with van der Waals surface area (Å²) < 4.78 is 62.5. The summed E-state index contributed by atoms with van der Waals surface area (Å²) in [5.41, 5.74) is -4.32. The lowest BCUT2D eigenvalue weighted by atomic mass is 10.0. The normalized spacial score (nSPS) is 21.6. The minimum Gasteiger partial charge on any atom is -0.390 e. The second-order valence-electron chi connectivity index (χ2n) is 6.18. The molecule has 28 heavy (non-hydrogen) atoms. The summed E-state index contributed by atoms with van der Waals surface area (Å²) in [5, 5.41) is 26.4. The Balaban J connectivity index is 1.79. The molecule has 1 fully saturated rings. The van der Waals surface area contributed by atoms with Crippen molar-refractivity contribution in [3.8, 4) is 6.07 Å². The number of anilines is 1. The second-order valence-corrected chi connectivity index (χ2v) is 8.49. The molecule has 9 nitrogen and oxygen atoms in total. The largest absolute Gasteiger partial charge is 0.511 e. The molecule has 1 aliphatic heterocycles. The number of β-amino-alcohol motifs (C(OH)–C–C–N with tert-alkyl or cyclic N) is 1. The molecule has 3 heterocycles. The molecular formula is C14H14ClF3N6O3S. The van der Waals surface area contributed by atoms with E-state index in [1.165, 1.54) is 10.7 Å². The van der Waals surface area contributed by atoms with Gasteiger partial charge in [-0.05, 0) is 13.3 Å². The van der Waals surface area contributed by atoms with Gasteiger partial charge in [-0.1, -0.05) is 11.6 Å². The molecule has 0 unspecified atom stereocenters. The van der Waals surface area contributed by atoms with Crippen LogP contribution in [0.1, 0.15) is 17.7 Å². The van der Waals surface area contributed by atoms with E-state index in [-0.39, 0.29) is 27.3 Å². The standard InChI is InChI=1S/C14H14ClF3N6O3S/c1-7-8(4-19)12(15)10-5-20-13(22-24(7)10)21-9-2-3-23(6-11(9)25)28(26,27)14(16,17)18/h5,9,11,25H,2-3,6H2,1H3,(H,21,22)/t9-,11-/m1/s1. The van der Waals surface area contributed by atoms with Crippen LogP contribution in [-0.2, 0) is 10.0 Å². The smallest absolute Gasteiger partial charge is 0.390 e. The lowest BCUT2D eigenvalue weighted by molar-refractivity contribution is -0.0510. The van der Waals surface area contributed by atoms with Crippen molar-refractivity contribution in [1.82, 2.24) is 18.9 Å². The van der Waals surface area contributed by atoms with Crippen LogP contribution in [0.25, 0.3) is 5.52 Å². The summed E-state index contributed by atoms with van der Waals surface area (Å²) in [6.45, 7) is 0.490. The number of piperidine rings is 1. The fourth-order valence-electron chi connectivity index (χ4n) is 2.95. The number of rotatable bonds is 3. The molecule has 0 aromatic carbocycles. The highest BCUT2D eigenvalue weighted by molar-refractivity contribution is 7.90. The predicted octanol–water partition coefficient (Wildman–Crippen LogP) is 1.26. The predicted molar refractivity (Wildman–Crippen MR) is 92.0 cm³/mol. The van der Waals surface area contributed by atoms with E-state index in [0.717, 1.165) is 0 Å². The Morgan fingerprint density at radius 2 is 2.14 bits per heavy atom. The minimum atomic E-state index is -5.50. The first-order chi connectivity index (χ1) is 13.0. The monoisotopic (exact) mass is 438 g/mol. The molecule has 0 radical (unpaired) electrons. The molecule has 0 saturated carbocycles. The van der Waals surface area contributed by atoms with E-state index in [4.69, 9.17) is 16.9 Å². The number of nitrogens with one attached hydrogen (secondary N) is 1. The van der Waals surface area contributed by atoms with E-state index < -0.39 is 40.8 Å². The number of sulfonamides is 1. The number of halogens is 4. The van der Waals surface area contributed by atoms with Gasteiger partial charge in [0.15, 0.2) is 0 Å². The minimum absolute atomic E-state index is 0.0444. The summed E-state index contributed by atoms with van der Waals surface area (Å²) in [4.78, 5) is 4.03. The van der Waals surface area contributed by atoms with Crippen molar-refractivity contribution in [2.45, 2.75) is 31.0 Å². The summed E-state index contributed by atoms with van der Waals surface area (Å²) in [7, 11) is -5.50. The Morgan fingerprint density at radius 1 is 1.46 bits per heavy atom. The molecule has 0 amide bonds. The second kappa shape index (κ2) is 7.03. The topological polar surface area (TPSA) is 124 Å². The van der Waals surface area contributed by atoms with E-state index in [1.807, 2.05) is 6.07 Å². The molecule has 3 rings (SSSR count). The number of hydrogen-bond donors (Lipinski definition) is 2. The summed E-state index contributed by atoms with van der Waals surface area (Å²) in [5.74, 6) is 0.0444. The zero-order valence-electron chi connectivity index (χ0n) is 14.3. The maximum atomic E-state index is 12.7. The van der Waals surface area contributed by atoms with Gasteiger partial charge in [-0.2, -0.15) is 22.7 Å². The first-order valence-corrected chi connectivity index (χ1v) is 9.74. The Morgan fingerprint density at radius 3 is 2.71 bits per heavy atom. The third-order valence-electron chi connectivity index (χ3n) is 4.46. The van der Waals surface area contributed by atoms with Crippen LogP contribution in [0.4, 0.5) is 19.1 Å². The van der Waals surface area contributed by atoms with Crippen molar-refractivity contribution >= 4 is 33.1 Å². The molecule has 1 saturated heterocycles. The lowest BCUT2D eigenvalue weighted by Gasteiger charge is -2.35. The number of aryl methyl sites for hydroxylation is 1. The van der Waals surface area contributed by atoms with E-state index in [1.54, 1.807) is 6.92 Å². The first-order valence-electron chi connectivity index (χ1n) is 7.92. The molecule has 2 aromatic rings. The first kappa shape index (κ1) is 20.6. The maximum Gasteiger partial charge on any atom is 0.511 e. The van der Waals surface area contributed by atoms with E-state index in [2.05, 4.69) is 15.4 Å². The average Bonchev–Trinajstić information content (AvgIpc) is 2.85. The Kier molecular flexibility index (Phi) is 5.17. The zero-order chi connectivity index (χ0) is 20.9. The Bertz CT molecular complexity index is 1060. The molecule has 2 atom stereocenters. The summed E-state index contributed by atoms with van der Waals surface area (Å²) in [6.07, 6.45) is -0.136. The zero-order valence-corrected chi connectivity index (χ0v) is 15.8. The van der Waals surface area contributed by atoms with Gasteiger partial charge in [0.25, 0.3) is 0 Å². The highest BCUT2D eigenvalue weighted by atomic mass is 35.5. The van der Waals surface area contributed by atoms with E-state index in [9.17, 15) is 26.7 Å². The van der Waals surface area contributed by atoms with Gasteiger partial charge in [0.1, 0.15) is 11.6 Å². The number of hydrogen-bond acceptors (Lipinski definition) is 7. The van der Waals surface area contributed by atoms with E-state index in [0.29, 0.717) is 11.2 Å². The number of aliphatic hydroxyl groups excluding tert-OH is 1. The SMILES string of the molecule is Cc1c(C#N)c(Cl)c2cnc(N[C@@H]3CCN(S(=O)(=O)C(F)(F)F)C[C@H]3O)nn12. The van der Waals surface area contributed by atoms with Gasteiger partial charge in [-0.3, -0.25) is 0 Å². The molecule has 1 aliphatic rings. The summed E-state index contributed by atoms with van der Waals surface area (Å²) >= 11 is 6.09. The number of aromatic nitrogens is 3. The Labute approximate surface area is 162 Å². The molecular weight excluding hydrogens is 425 g/mol. The molecule has 0 aliphatic carbocycles. The van der Waals surface area contributed by atoms with Gasteiger partial charge in [-0.15, -0.1) is 5.10 Å². The molecule has 0 bridgehead atoms. The average molecular weight is 439 g/mol.